The standard InChI is InChI=1S/C18H30N4/c1-16-9-8-14-22(15-16)18(19)20-12-6-7-13-21(2)17-10-4-3-5-11-17/h3-5,10-11,16H,6-9,12-15H2,1-2H3,(H2,19,20). The fourth-order valence-corrected chi connectivity index (χ4v) is 2.96. The molecule has 122 valence electrons. The molecule has 1 fully saturated rings. The van der Waals surface area contributed by atoms with Gasteiger partial charge in [0.25, 0.3) is 0 Å². The van der Waals surface area contributed by atoms with Crippen molar-refractivity contribution in [3.05, 3.63) is 30.3 Å². The summed E-state index contributed by atoms with van der Waals surface area (Å²) in [6.07, 6.45) is 4.77. The van der Waals surface area contributed by atoms with Crippen molar-refractivity contribution in [1.29, 1.82) is 0 Å². The molecule has 1 atom stereocenters. The van der Waals surface area contributed by atoms with Gasteiger partial charge in [0, 0.05) is 38.9 Å². The molecule has 4 nitrogen and oxygen atoms in total. The number of anilines is 1. The largest absolute Gasteiger partial charge is 0.375 e. The number of unbranched alkanes of at least 4 members (excludes halogenated alkanes) is 1. The third-order valence-corrected chi connectivity index (χ3v) is 4.35. The van der Waals surface area contributed by atoms with E-state index in [0.717, 1.165) is 50.9 Å². The maximum atomic E-state index is 6.11. The summed E-state index contributed by atoms with van der Waals surface area (Å²) in [5.74, 6) is 1.48. The lowest BCUT2D eigenvalue weighted by Crippen LogP contribution is -2.43. The van der Waals surface area contributed by atoms with Crippen LogP contribution in [0.1, 0.15) is 32.6 Å². The van der Waals surface area contributed by atoms with E-state index in [-0.39, 0.29) is 0 Å². The summed E-state index contributed by atoms with van der Waals surface area (Å²) >= 11 is 0. The van der Waals surface area contributed by atoms with Crippen molar-refractivity contribution in [2.24, 2.45) is 16.6 Å². The molecule has 0 aliphatic carbocycles. The third kappa shape index (κ3) is 5.24. The Hall–Kier alpha value is -1.71. The van der Waals surface area contributed by atoms with Gasteiger partial charge in [-0.15, -0.1) is 0 Å². The minimum Gasteiger partial charge on any atom is -0.375 e. The highest BCUT2D eigenvalue weighted by atomic mass is 15.3. The second-order valence-corrected chi connectivity index (χ2v) is 6.40. The number of aliphatic imine (C=N–C) groups is 1. The van der Waals surface area contributed by atoms with Crippen LogP contribution in [0.4, 0.5) is 5.69 Å². The molecule has 1 saturated heterocycles. The molecular weight excluding hydrogens is 272 g/mol. The van der Waals surface area contributed by atoms with Crippen molar-refractivity contribution in [3.63, 3.8) is 0 Å². The van der Waals surface area contributed by atoms with Gasteiger partial charge in [0.05, 0.1) is 0 Å². The first-order valence-corrected chi connectivity index (χ1v) is 8.48. The Bertz CT molecular complexity index is 457. The number of nitrogens with two attached hydrogens (primary N) is 1. The summed E-state index contributed by atoms with van der Waals surface area (Å²) < 4.78 is 0. The molecule has 0 saturated carbocycles. The van der Waals surface area contributed by atoms with E-state index < -0.39 is 0 Å². The molecule has 0 aromatic heterocycles. The van der Waals surface area contributed by atoms with Crippen LogP contribution in [0.5, 0.6) is 0 Å². The van der Waals surface area contributed by atoms with Crippen LogP contribution in [-0.4, -0.2) is 44.1 Å². The van der Waals surface area contributed by atoms with Gasteiger partial charge in [-0.2, -0.15) is 0 Å². The van der Waals surface area contributed by atoms with Crippen molar-refractivity contribution in [2.45, 2.75) is 32.6 Å². The molecule has 1 aliphatic rings. The van der Waals surface area contributed by atoms with Gasteiger partial charge in [-0.1, -0.05) is 25.1 Å². The number of likely N-dealkylation sites (tertiary alicyclic amines) is 1. The predicted molar refractivity (Wildman–Crippen MR) is 95.4 cm³/mol. The molecule has 4 heteroatoms. The van der Waals surface area contributed by atoms with E-state index >= 15 is 0 Å². The van der Waals surface area contributed by atoms with Crippen LogP contribution in [-0.2, 0) is 0 Å². The molecule has 1 heterocycles. The monoisotopic (exact) mass is 302 g/mol. The fourth-order valence-electron chi connectivity index (χ4n) is 2.96. The molecule has 0 radical (unpaired) electrons. The Balaban J connectivity index is 1.65. The van der Waals surface area contributed by atoms with E-state index in [0.29, 0.717) is 0 Å². The van der Waals surface area contributed by atoms with Gasteiger partial charge < -0.3 is 15.5 Å². The van der Waals surface area contributed by atoms with Crippen LogP contribution in [0.25, 0.3) is 0 Å². The smallest absolute Gasteiger partial charge is 0.191 e. The number of para-hydroxylation sites is 1. The quantitative estimate of drug-likeness (QED) is 0.499. The van der Waals surface area contributed by atoms with Crippen LogP contribution in [0.15, 0.2) is 35.3 Å². The average molecular weight is 302 g/mol. The SMILES string of the molecule is CC1CCCN(C(N)=NCCCCN(C)c2ccccc2)C1. The molecule has 1 aliphatic heterocycles. The zero-order valence-electron chi connectivity index (χ0n) is 14.0. The number of hydrogen-bond acceptors (Lipinski definition) is 2. The van der Waals surface area contributed by atoms with Gasteiger partial charge in [-0.05, 0) is 43.7 Å². The van der Waals surface area contributed by atoms with Crippen LogP contribution in [0, 0.1) is 5.92 Å². The van der Waals surface area contributed by atoms with Crippen molar-refractivity contribution in [1.82, 2.24) is 4.90 Å². The first-order valence-electron chi connectivity index (χ1n) is 8.48. The van der Waals surface area contributed by atoms with Gasteiger partial charge >= 0.3 is 0 Å². The highest BCUT2D eigenvalue weighted by molar-refractivity contribution is 5.78. The van der Waals surface area contributed by atoms with E-state index in [9.17, 15) is 0 Å². The zero-order chi connectivity index (χ0) is 15.8. The lowest BCUT2D eigenvalue weighted by Gasteiger charge is -2.31. The second-order valence-electron chi connectivity index (χ2n) is 6.40. The molecular formula is C18H30N4. The zero-order valence-corrected chi connectivity index (χ0v) is 14.0. The number of hydrogen-bond donors (Lipinski definition) is 1. The number of piperidine rings is 1. The third-order valence-electron chi connectivity index (χ3n) is 4.35. The van der Waals surface area contributed by atoms with Crippen LogP contribution < -0.4 is 10.6 Å². The van der Waals surface area contributed by atoms with Crippen LogP contribution >= 0.6 is 0 Å². The van der Waals surface area contributed by atoms with Gasteiger partial charge in [0.15, 0.2) is 5.96 Å². The summed E-state index contributed by atoms with van der Waals surface area (Å²) in [6, 6.07) is 10.5. The second kappa shape index (κ2) is 8.66. The first-order chi connectivity index (χ1) is 10.7. The van der Waals surface area contributed by atoms with Crippen molar-refractivity contribution < 1.29 is 0 Å². The number of guanidine groups is 1. The summed E-state index contributed by atoms with van der Waals surface area (Å²) in [5, 5.41) is 0. The van der Waals surface area contributed by atoms with E-state index in [4.69, 9.17) is 5.73 Å². The minimum atomic E-state index is 0.738. The van der Waals surface area contributed by atoms with Crippen LogP contribution in [0.2, 0.25) is 0 Å². The van der Waals surface area contributed by atoms with E-state index in [1.165, 1.54) is 18.5 Å². The van der Waals surface area contributed by atoms with E-state index in [1.54, 1.807) is 0 Å². The highest BCUT2D eigenvalue weighted by Gasteiger charge is 2.17. The summed E-state index contributed by atoms with van der Waals surface area (Å²) in [5.41, 5.74) is 7.38. The van der Waals surface area contributed by atoms with Gasteiger partial charge in [0.1, 0.15) is 0 Å². The Morgan fingerprint density at radius 3 is 2.82 bits per heavy atom. The molecule has 1 aromatic rings. The fraction of sp³-hybridized carbons (Fsp3) is 0.611. The summed E-state index contributed by atoms with van der Waals surface area (Å²) in [4.78, 5) is 9.09. The maximum absolute atomic E-state index is 6.11. The highest BCUT2D eigenvalue weighted by Crippen LogP contribution is 2.15. The molecule has 22 heavy (non-hydrogen) atoms. The Morgan fingerprint density at radius 1 is 1.32 bits per heavy atom. The number of nitrogens with zero attached hydrogens (tertiary/aromatic N) is 3. The van der Waals surface area contributed by atoms with Gasteiger partial charge in [-0.25, -0.2) is 0 Å². The molecule has 0 amide bonds. The normalized spacial score (nSPS) is 19.3. The van der Waals surface area contributed by atoms with Crippen molar-refractivity contribution in [3.8, 4) is 0 Å². The Kier molecular flexibility index (Phi) is 6.56. The molecule has 2 N–H and O–H groups in total. The lowest BCUT2D eigenvalue weighted by atomic mass is 10.0. The number of benzene rings is 1. The summed E-state index contributed by atoms with van der Waals surface area (Å²) in [7, 11) is 2.14. The molecule has 1 unspecified atom stereocenters. The van der Waals surface area contributed by atoms with E-state index in [2.05, 4.69) is 59.1 Å². The topological polar surface area (TPSA) is 44.9 Å². The van der Waals surface area contributed by atoms with Gasteiger partial charge in [-0.3, -0.25) is 4.99 Å². The minimum absolute atomic E-state index is 0.738. The maximum Gasteiger partial charge on any atom is 0.191 e. The lowest BCUT2D eigenvalue weighted by molar-refractivity contribution is 0.270. The van der Waals surface area contributed by atoms with Crippen molar-refractivity contribution >= 4 is 11.6 Å². The molecule has 2 rings (SSSR count). The Morgan fingerprint density at radius 2 is 2.09 bits per heavy atom. The first kappa shape index (κ1) is 16.7. The predicted octanol–water partition coefficient (Wildman–Crippen LogP) is 2.95. The summed E-state index contributed by atoms with van der Waals surface area (Å²) in [6.45, 7) is 6.31. The van der Waals surface area contributed by atoms with E-state index in [1.807, 2.05) is 0 Å². The Labute approximate surface area is 135 Å². The molecule has 1 aromatic carbocycles. The van der Waals surface area contributed by atoms with Gasteiger partial charge in [0.2, 0.25) is 0 Å². The molecule has 0 spiro atoms. The van der Waals surface area contributed by atoms with Crippen LogP contribution in [0.3, 0.4) is 0 Å². The average Bonchev–Trinajstić information content (AvgIpc) is 2.55. The number of rotatable bonds is 6. The molecule has 0 bridgehead atoms. The van der Waals surface area contributed by atoms with Crippen molar-refractivity contribution in [2.75, 3.05) is 38.1 Å².